The van der Waals surface area contributed by atoms with Crippen LogP contribution in [0, 0.1) is 0 Å². The summed E-state index contributed by atoms with van der Waals surface area (Å²) in [4.78, 5) is 22.7. The highest BCUT2D eigenvalue weighted by Crippen LogP contribution is 1.93. The molecule has 1 heterocycles. The molecule has 0 fully saturated rings. The van der Waals surface area contributed by atoms with Crippen molar-refractivity contribution in [3.05, 3.63) is 51.3 Å². The Morgan fingerprint density at radius 1 is 1.29 bits per heavy atom. The molecular formula is C10H12N2O2. The molecule has 0 aromatic carbocycles. The lowest BCUT2D eigenvalue weighted by molar-refractivity contribution is 0.680. The minimum absolute atomic E-state index is 0.309. The molecule has 0 N–H and O–H groups in total. The van der Waals surface area contributed by atoms with Crippen LogP contribution in [0.4, 0.5) is 0 Å². The lowest BCUT2D eigenvalue weighted by Gasteiger charge is -2.04. The van der Waals surface area contributed by atoms with Crippen LogP contribution in [0.15, 0.2) is 34.4 Å². The number of nitrogens with zero attached hydrogens (tertiary/aromatic N) is 2. The molecule has 1 aromatic heterocycles. The molecule has 14 heavy (non-hydrogen) atoms. The van der Waals surface area contributed by atoms with Crippen molar-refractivity contribution in [3.8, 4) is 0 Å². The molecule has 0 atom stereocenters. The Labute approximate surface area is 81.4 Å². The van der Waals surface area contributed by atoms with Crippen LogP contribution in [0.2, 0.25) is 0 Å². The minimum atomic E-state index is -0.332. The standard InChI is InChI=1S/C10H12N2O2/c1-4-5-6-8-7-9(13)12(3)10(14)11(8)2/h4-7H,1H2,2-3H3/b6-5-. The van der Waals surface area contributed by atoms with E-state index in [0.29, 0.717) is 5.69 Å². The molecule has 0 aliphatic heterocycles. The topological polar surface area (TPSA) is 44.0 Å². The summed E-state index contributed by atoms with van der Waals surface area (Å²) in [5.74, 6) is 0. The van der Waals surface area contributed by atoms with Gasteiger partial charge in [0.1, 0.15) is 0 Å². The number of hydrogen-bond donors (Lipinski definition) is 0. The molecule has 0 aliphatic carbocycles. The highest BCUT2D eigenvalue weighted by Gasteiger charge is 2.01. The van der Waals surface area contributed by atoms with E-state index in [2.05, 4.69) is 6.58 Å². The van der Waals surface area contributed by atoms with Gasteiger partial charge in [-0.25, -0.2) is 4.79 Å². The second-order valence-electron chi connectivity index (χ2n) is 2.90. The Morgan fingerprint density at radius 2 is 1.93 bits per heavy atom. The molecular weight excluding hydrogens is 180 g/mol. The van der Waals surface area contributed by atoms with E-state index in [0.717, 1.165) is 4.57 Å². The van der Waals surface area contributed by atoms with Crippen molar-refractivity contribution in [2.45, 2.75) is 0 Å². The van der Waals surface area contributed by atoms with Gasteiger partial charge in [0, 0.05) is 20.2 Å². The van der Waals surface area contributed by atoms with E-state index in [9.17, 15) is 9.59 Å². The molecule has 0 aliphatic rings. The Hall–Kier alpha value is -1.84. The van der Waals surface area contributed by atoms with Gasteiger partial charge in [0.05, 0.1) is 5.69 Å². The van der Waals surface area contributed by atoms with E-state index in [4.69, 9.17) is 0 Å². The summed E-state index contributed by atoms with van der Waals surface area (Å²) in [7, 11) is 3.07. The van der Waals surface area contributed by atoms with Gasteiger partial charge in [-0.15, -0.1) is 0 Å². The van der Waals surface area contributed by atoms with Crippen molar-refractivity contribution in [1.29, 1.82) is 0 Å². The Morgan fingerprint density at radius 3 is 2.50 bits per heavy atom. The molecule has 0 radical (unpaired) electrons. The normalized spacial score (nSPS) is 10.7. The van der Waals surface area contributed by atoms with Gasteiger partial charge in [0.2, 0.25) is 0 Å². The monoisotopic (exact) mass is 192 g/mol. The number of aromatic nitrogens is 2. The zero-order valence-electron chi connectivity index (χ0n) is 8.23. The van der Waals surface area contributed by atoms with Crippen molar-refractivity contribution in [3.63, 3.8) is 0 Å². The van der Waals surface area contributed by atoms with Crippen LogP contribution in [-0.2, 0) is 14.1 Å². The predicted molar refractivity (Wildman–Crippen MR) is 56.2 cm³/mol. The summed E-state index contributed by atoms with van der Waals surface area (Å²) in [6, 6.07) is 1.40. The highest BCUT2D eigenvalue weighted by atomic mass is 16.2. The van der Waals surface area contributed by atoms with Crippen LogP contribution in [-0.4, -0.2) is 9.13 Å². The first-order valence-corrected chi connectivity index (χ1v) is 4.14. The molecule has 0 bridgehead atoms. The molecule has 0 saturated carbocycles. The zero-order valence-corrected chi connectivity index (χ0v) is 8.23. The third-order valence-corrected chi connectivity index (χ3v) is 1.97. The van der Waals surface area contributed by atoms with Crippen LogP contribution in [0.3, 0.4) is 0 Å². The van der Waals surface area contributed by atoms with Crippen LogP contribution >= 0.6 is 0 Å². The van der Waals surface area contributed by atoms with Crippen molar-refractivity contribution >= 4 is 6.08 Å². The van der Waals surface area contributed by atoms with Crippen LogP contribution in [0.1, 0.15) is 5.69 Å². The summed E-state index contributed by atoms with van der Waals surface area (Å²) in [5.41, 5.74) is -0.0731. The lowest BCUT2D eigenvalue weighted by atomic mass is 10.3. The van der Waals surface area contributed by atoms with Crippen molar-refractivity contribution < 1.29 is 0 Å². The quantitative estimate of drug-likeness (QED) is 0.632. The highest BCUT2D eigenvalue weighted by molar-refractivity contribution is 5.46. The van der Waals surface area contributed by atoms with E-state index in [1.807, 2.05) is 0 Å². The average Bonchev–Trinajstić information content (AvgIpc) is 2.18. The van der Waals surface area contributed by atoms with E-state index < -0.39 is 0 Å². The lowest BCUT2D eigenvalue weighted by Crippen LogP contribution is -2.37. The first-order valence-electron chi connectivity index (χ1n) is 4.14. The summed E-state index contributed by atoms with van der Waals surface area (Å²) in [6.07, 6.45) is 4.92. The summed E-state index contributed by atoms with van der Waals surface area (Å²) in [6.45, 7) is 3.51. The molecule has 1 aromatic rings. The largest absolute Gasteiger partial charge is 0.330 e. The van der Waals surface area contributed by atoms with E-state index in [1.165, 1.54) is 17.7 Å². The molecule has 4 heteroatoms. The van der Waals surface area contributed by atoms with Gasteiger partial charge < -0.3 is 0 Å². The number of rotatable bonds is 2. The predicted octanol–water partition coefficient (Wildman–Crippen LogP) is 0.283. The summed E-state index contributed by atoms with van der Waals surface area (Å²) < 4.78 is 2.46. The van der Waals surface area contributed by atoms with E-state index >= 15 is 0 Å². The fourth-order valence-electron chi connectivity index (χ4n) is 1.08. The third kappa shape index (κ3) is 1.74. The van der Waals surface area contributed by atoms with Crippen molar-refractivity contribution in [2.24, 2.45) is 14.1 Å². The summed E-state index contributed by atoms with van der Waals surface area (Å²) in [5, 5.41) is 0. The number of allylic oxidation sites excluding steroid dienone is 2. The van der Waals surface area contributed by atoms with E-state index in [1.54, 1.807) is 25.3 Å². The van der Waals surface area contributed by atoms with Crippen molar-refractivity contribution in [1.82, 2.24) is 9.13 Å². The van der Waals surface area contributed by atoms with Crippen molar-refractivity contribution in [2.75, 3.05) is 0 Å². The maximum Gasteiger partial charge on any atom is 0.330 e. The first-order chi connectivity index (χ1) is 6.57. The molecule has 0 spiro atoms. The van der Waals surface area contributed by atoms with Gasteiger partial charge in [0.25, 0.3) is 5.56 Å². The minimum Gasteiger partial charge on any atom is -0.297 e. The van der Waals surface area contributed by atoms with Gasteiger partial charge >= 0.3 is 5.69 Å². The second kappa shape index (κ2) is 3.91. The molecule has 4 nitrogen and oxygen atoms in total. The smallest absolute Gasteiger partial charge is 0.297 e. The van der Waals surface area contributed by atoms with Gasteiger partial charge in [-0.1, -0.05) is 18.7 Å². The maximum absolute atomic E-state index is 11.4. The molecule has 1 rings (SSSR count). The maximum atomic E-state index is 11.4. The fourth-order valence-corrected chi connectivity index (χ4v) is 1.08. The SMILES string of the molecule is C=C/C=C\c1cc(=O)n(C)c(=O)n1C. The van der Waals surface area contributed by atoms with Gasteiger partial charge in [-0.3, -0.25) is 13.9 Å². The molecule has 0 unspecified atom stereocenters. The fraction of sp³-hybridized carbons (Fsp3) is 0.200. The van der Waals surface area contributed by atoms with Crippen LogP contribution in [0.25, 0.3) is 6.08 Å². The number of hydrogen-bond acceptors (Lipinski definition) is 2. The van der Waals surface area contributed by atoms with Crippen LogP contribution < -0.4 is 11.2 Å². The first kappa shape index (κ1) is 10.2. The second-order valence-corrected chi connectivity index (χ2v) is 2.90. The third-order valence-electron chi connectivity index (χ3n) is 1.97. The Kier molecular flexibility index (Phi) is 2.86. The van der Waals surface area contributed by atoms with Crippen LogP contribution in [0.5, 0.6) is 0 Å². The zero-order chi connectivity index (χ0) is 10.7. The Bertz CT molecular complexity index is 492. The van der Waals surface area contributed by atoms with E-state index in [-0.39, 0.29) is 11.2 Å². The molecule has 0 amide bonds. The molecule has 0 saturated heterocycles. The summed E-state index contributed by atoms with van der Waals surface area (Å²) >= 11 is 0. The van der Waals surface area contributed by atoms with Gasteiger partial charge in [0.15, 0.2) is 0 Å². The molecule has 74 valence electrons. The Balaban J connectivity index is 3.48. The average molecular weight is 192 g/mol. The van der Waals surface area contributed by atoms with Gasteiger partial charge in [-0.2, -0.15) is 0 Å². The van der Waals surface area contributed by atoms with Gasteiger partial charge in [-0.05, 0) is 6.08 Å².